The first kappa shape index (κ1) is 14.9. The fraction of sp³-hybridized carbons (Fsp3) is 0.0769. The average molecular weight is 310 g/mol. The van der Waals surface area contributed by atoms with Crippen LogP contribution in [-0.2, 0) is 0 Å². The molecule has 0 spiro atoms. The lowest BCUT2D eigenvalue weighted by molar-refractivity contribution is -0.385. The van der Waals surface area contributed by atoms with Gasteiger partial charge in [0.2, 0.25) is 0 Å². The minimum Gasteiger partial charge on any atom is -0.321 e. The standard InChI is InChI=1S/C13H9ClFN3O3/c1-7-2-3-8(15)4-10(7)17-13(19)9-5-12(14)16-6-11(9)18(20)21/h2-6H,1H3,(H,17,19). The van der Waals surface area contributed by atoms with Crippen molar-refractivity contribution in [3.63, 3.8) is 0 Å². The second-order valence-electron chi connectivity index (χ2n) is 4.19. The van der Waals surface area contributed by atoms with Gasteiger partial charge < -0.3 is 5.32 Å². The molecule has 8 heteroatoms. The molecule has 1 aromatic heterocycles. The minimum absolute atomic E-state index is 0.0540. The van der Waals surface area contributed by atoms with E-state index in [-0.39, 0.29) is 16.4 Å². The predicted octanol–water partition coefficient (Wildman–Crippen LogP) is 3.34. The number of hydrogen-bond donors (Lipinski definition) is 1. The normalized spacial score (nSPS) is 10.2. The van der Waals surface area contributed by atoms with Crippen LogP contribution in [0.1, 0.15) is 15.9 Å². The number of pyridine rings is 1. The van der Waals surface area contributed by atoms with Gasteiger partial charge in [-0.3, -0.25) is 14.9 Å². The second-order valence-corrected chi connectivity index (χ2v) is 4.58. The molecular formula is C13H9ClFN3O3. The third kappa shape index (κ3) is 3.32. The van der Waals surface area contributed by atoms with E-state index in [4.69, 9.17) is 11.6 Å². The lowest BCUT2D eigenvalue weighted by Gasteiger charge is -2.08. The Kier molecular flexibility index (Phi) is 4.13. The number of benzene rings is 1. The minimum atomic E-state index is -0.764. The summed E-state index contributed by atoms with van der Waals surface area (Å²) in [7, 11) is 0. The van der Waals surface area contributed by atoms with Crippen LogP contribution < -0.4 is 5.32 Å². The van der Waals surface area contributed by atoms with E-state index in [9.17, 15) is 19.3 Å². The van der Waals surface area contributed by atoms with Crippen molar-refractivity contribution >= 4 is 28.9 Å². The molecule has 1 amide bonds. The average Bonchev–Trinajstić information content (AvgIpc) is 2.42. The van der Waals surface area contributed by atoms with Crippen molar-refractivity contribution < 1.29 is 14.1 Å². The van der Waals surface area contributed by atoms with Crippen LogP contribution in [0, 0.1) is 22.9 Å². The van der Waals surface area contributed by atoms with Gasteiger partial charge in [0.05, 0.1) is 4.92 Å². The van der Waals surface area contributed by atoms with E-state index in [0.29, 0.717) is 5.56 Å². The molecular weight excluding hydrogens is 301 g/mol. The van der Waals surface area contributed by atoms with Crippen molar-refractivity contribution in [1.29, 1.82) is 0 Å². The molecule has 2 aromatic rings. The van der Waals surface area contributed by atoms with Crippen molar-refractivity contribution in [2.45, 2.75) is 6.92 Å². The number of aryl methyl sites for hydroxylation is 1. The smallest absolute Gasteiger partial charge is 0.300 e. The van der Waals surface area contributed by atoms with Gasteiger partial charge in [0.15, 0.2) is 0 Å². The van der Waals surface area contributed by atoms with Crippen LogP contribution in [0.25, 0.3) is 0 Å². The topological polar surface area (TPSA) is 85.1 Å². The summed E-state index contributed by atoms with van der Waals surface area (Å²) in [5.74, 6) is -1.29. The molecule has 1 N–H and O–H groups in total. The van der Waals surface area contributed by atoms with Crippen LogP contribution in [0.15, 0.2) is 30.5 Å². The summed E-state index contributed by atoms with van der Waals surface area (Å²) in [6, 6.07) is 4.95. The molecule has 0 saturated carbocycles. The number of aromatic nitrogens is 1. The maximum atomic E-state index is 13.2. The van der Waals surface area contributed by atoms with Crippen molar-refractivity contribution in [1.82, 2.24) is 4.98 Å². The summed E-state index contributed by atoms with van der Waals surface area (Å²) in [4.78, 5) is 25.9. The molecule has 0 aliphatic heterocycles. The number of halogens is 2. The number of carbonyl (C=O) groups is 1. The van der Waals surface area contributed by atoms with Gasteiger partial charge in [-0.05, 0) is 30.7 Å². The predicted molar refractivity (Wildman–Crippen MR) is 75.0 cm³/mol. The van der Waals surface area contributed by atoms with Crippen molar-refractivity contribution in [3.05, 3.63) is 62.7 Å². The van der Waals surface area contributed by atoms with Crippen LogP contribution in [0.4, 0.5) is 15.8 Å². The van der Waals surface area contributed by atoms with Crippen molar-refractivity contribution in [2.75, 3.05) is 5.32 Å². The first-order chi connectivity index (χ1) is 9.88. The maximum absolute atomic E-state index is 13.2. The highest BCUT2D eigenvalue weighted by Gasteiger charge is 2.22. The SMILES string of the molecule is Cc1ccc(F)cc1NC(=O)c1cc(Cl)ncc1[N+](=O)[O-]. The van der Waals surface area contributed by atoms with E-state index in [2.05, 4.69) is 10.3 Å². The first-order valence-corrected chi connectivity index (χ1v) is 6.13. The molecule has 0 saturated heterocycles. The number of carbonyl (C=O) groups excluding carboxylic acids is 1. The Balaban J connectivity index is 2.39. The highest BCUT2D eigenvalue weighted by atomic mass is 35.5. The highest BCUT2D eigenvalue weighted by molar-refractivity contribution is 6.30. The Morgan fingerprint density at radius 2 is 2.14 bits per heavy atom. The molecule has 0 aliphatic carbocycles. The lowest BCUT2D eigenvalue weighted by Crippen LogP contribution is -2.15. The summed E-state index contributed by atoms with van der Waals surface area (Å²) < 4.78 is 13.2. The molecule has 0 unspecified atom stereocenters. The van der Waals surface area contributed by atoms with E-state index < -0.39 is 22.3 Å². The van der Waals surface area contributed by atoms with E-state index >= 15 is 0 Å². The fourth-order valence-corrected chi connectivity index (χ4v) is 1.83. The number of nitrogens with one attached hydrogen (secondary N) is 1. The van der Waals surface area contributed by atoms with Gasteiger partial charge in [-0.15, -0.1) is 0 Å². The molecule has 1 heterocycles. The van der Waals surface area contributed by atoms with Gasteiger partial charge in [-0.1, -0.05) is 17.7 Å². The molecule has 21 heavy (non-hydrogen) atoms. The number of amides is 1. The van der Waals surface area contributed by atoms with Gasteiger partial charge in [0.1, 0.15) is 22.7 Å². The molecule has 0 aliphatic rings. The van der Waals surface area contributed by atoms with Gasteiger partial charge in [-0.2, -0.15) is 0 Å². The van der Waals surface area contributed by atoms with Crippen molar-refractivity contribution in [3.8, 4) is 0 Å². The largest absolute Gasteiger partial charge is 0.321 e. The molecule has 2 rings (SSSR count). The molecule has 1 aromatic carbocycles. The number of anilines is 1. The van der Waals surface area contributed by atoms with Gasteiger partial charge in [-0.25, -0.2) is 9.37 Å². The van der Waals surface area contributed by atoms with Crippen LogP contribution >= 0.6 is 11.6 Å². The van der Waals surface area contributed by atoms with E-state index in [1.165, 1.54) is 12.1 Å². The summed E-state index contributed by atoms with van der Waals surface area (Å²) in [5, 5.41) is 13.3. The Morgan fingerprint density at radius 1 is 1.43 bits per heavy atom. The highest BCUT2D eigenvalue weighted by Crippen LogP contribution is 2.23. The Morgan fingerprint density at radius 3 is 2.81 bits per heavy atom. The third-order valence-electron chi connectivity index (χ3n) is 2.74. The molecule has 6 nitrogen and oxygen atoms in total. The third-order valence-corrected chi connectivity index (χ3v) is 2.95. The quantitative estimate of drug-likeness (QED) is 0.535. The van der Waals surface area contributed by atoms with Gasteiger partial charge >= 0.3 is 0 Å². The Bertz CT molecular complexity index is 737. The zero-order chi connectivity index (χ0) is 15.6. The van der Waals surface area contributed by atoms with E-state index in [0.717, 1.165) is 18.3 Å². The van der Waals surface area contributed by atoms with Gasteiger partial charge in [0, 0.05) is 5.69 Å². The number of rotatable bonds is 3. The second kappa shape index (κ2) is 5.84. The molecule has 0 bridgehead atoms. The zero-order valence-electron chi connectivity index (χ0n) is 10.8. The Labute approximate surface area is 123 Å². The maximum Gasteiger partial charge on any atom is 0.300 e. The Hall–Kier alpha value is -2.54. The summed E-state index contributed by atoms with van der Waals surface area (Å²) in [6.45, 7) is 1.67. The molecule has 0 radical (unpaired) electrons. The van der Waals surface area contributed by atoms with Crippen LogP contribution in [0.5, 0.6) is 0 Å². The summed E-state index contributed by atoms with van der Waals surface area (Å²) >= 11 is 5.65. The van der Waals surface area contributed by atoms with Crippen LogP contribution in [0.2, 0.25) is 5.15 Å². The molecule has 0 atom stereocenters. The zero-order valence-corrected chi connectivity index (χ0v) is 11.5. The molecule has 108 valence electrons. The van der Waals surface area contributed by atoms with Crippen LogP contribution in [0.3, 0.4) is 0 Å². The number of nitro groups is 1. The number of hydrogen-bond acceptors (Lipinski definition) is 4. The van der Waals surface area contributed by atoms with Gasteiger partial charge in [0.25, 0.3) is 11.6 Å². The van der Waals surface area contributed by atoms with E-state index in [1.807, 2.05) is 0 Å². The van der Waals surface area contributed by atoms with E-state index in [1.54, 1.807) is 6.92 Å². The number of nitrogens with zero attached hydrogens (tertiary/aromatic N) is 2. The van der Waals surface area contributed by atoms with Crippen LogP contribution in [-0.4, -0.2) is 15.8 Å². The monoisotopic (exact) mass is 309 g/mol. The lowest BCUT2D eigenvalue weighted by atomic mass is 10.1. The van der Waals surface area contributed by atoms with Crippen molar-refractivity contribution in [2.24, 2.45) is 0 Å². The molecule has 0 fully saturated rings. The summed E-state index contributed by atoms with van der Waals surface area (Å²) in [6.07, 6.45) is 0.898. The summed E-state index contributed by atoms with van der Waals surface area (Å²) in [5.41, 5.74) is 0.115. The fourth-order valence-electron chi connectivity index (χ4n) is 1.67. The first-order valence-electron chi connectivity index (χ1n) is 5.76.